The van der Waals surface area contributed by atoms with Gasteiger partial charge in [-0.1, -0.05) is 0 Å². The fraction of sp³-hybridized carbons (Fsp3) is 0.500. The normalized spacial score (nSPS) is 27.6. The fourth-order valence-corrected chi connectivity index (χ4v) is 5.43. The van der Waals surface area contributed by atoms with E-state index < -0.39 is 77.7 Å². The summed E-state index contributed by atoms with van der Waals surface area (Å²) in [6.45, 7) is -1.14. The molecule has 0 radical (unpaired) electrons. The van der Waals surface area contributed by atoms with Crippen molar-refractivity contribution in [2.75, 3.05) is 12.3 Å². The van der Waals surface area contributed by atoms with E-state index in [1.54, 1.807) is 0 Å². The Morgan fingerprint density at radius 1 is 1.12 bits per heavy atom. The Morgan fingerprint density at radius 3 is 2.25 bits per heavy atom. The van der Waals surface area contributed by atoms with Gasteiger partial charge in [0, 0.05) is 6.20 Å². The summed E-state index contributed by atoms with van der Waals surface area (Å²) in [5.41, 5.74) is 3.48. The Bertz CT molecular complexity index is 1080. The van der Waals surface area contributed by atoms with Crippen LogP contribution in [0.15, 0.2) is 11.0 Å². The number of nitrogens with two attached hydrogens (primary N) is 1. The number of anilines is 1. The van der Waals surface area contributed by atoms with Crippen molar-refractivity contribution in [2.45, 2.75) is 24.5 Å². The fourth-order valence-electron chi connectivity index (χ4n) is 2.40. The van der Waals surface area contributed by atoms with Gasteiger partial charge in [-0.05, 0) is 0 Å². The van der Waals surface area contributed by atoms with Gasteiger partial charge in [-0.2, -0.15) is 13.6 Å². The highest BCUT2D eigenvalue weighted by atomic mass is 31.3. The van der Waals surface area contributed by atoms with Crippen LogP contribution in [-0.4, -0.2) is 75.3 Å². The lowest BCUT2D eigenvalue weighted by molar-refractivity contribution is -0.0542. The largest absolute Gasteiger partial charge is 0.490 e. The number of carbonyl (C=O) groups is 1. The molecule has 32 heavy (non-hydrogen) atoms. The number of aliphatic hydroxyl groups is 2. The molecule has 0 aromatic carbocycles. The van der Waals surface area contributed by atoms with Crippen LogP contribution in [0, 0.1) is 0 Å². The van der Waals surface area contributed by atoms with Crippen LogP contribution < -0.4 is 11.4 Å². The number of nitrogens with zero attached hydrogens (tertiary/aromatic N) is 2. The van der Waals surface area contributed by atoms with Gasteiger partial charge < -0.3 is 45.4 Å². The Kier molecular flexibility index (Phi) is 7.81. The van der Waals surface area contributed by atoms with Crippen molar-refractivity contribution in [3.8, 4) is 0 Å². The zero-order chi connectivity index (χ0) is 24.6. The molecule has 6 atom stereocenters. The van der Waals surface area contributed by atoms with Gasteiger partial charge in [-0.25, -0.2) is 23.3 Å². The van der Waals surface area contributed by atoms with Gasteiger partial charge in [0.25, 0.3) is 0 Å². The second kappa shape index (κ2) is 9.36. The van der Waals surface area contributed by atoms with Crippen LogP contribution in [0.3, 0.4) is 0 Å². The third-order valence-corrected chi connectivity index (χ3v) is 7.44. The van der Waals surface area contributed by atoms with Crippen molar-refractivity contribution >= 4 is 35.3 Å². The molecule has 22 heteroatoms. The summed E-state index contributed by atoms with van der Waals surface area (Å²) in [6.07, 6.45) is -6.63. The lowest BCUT2D eigenvalue weighted by Gasteiger charge is -2.19. The smallest absolute Gasteiger partial charge is 0.478 e. The van der Waals surface area contributed by atoms with E-state index in [9.17, 15) is 38.4 Å². The molecule has 0 amide bonds. The number of hydrogen-bond acceptors (Lipinski definition) is 13. The second-order valence-electron chi connectivity index (χ2n) is 5.97. The number of phosphoric acid groups is 3. The summed E-state index contributed by atoms with van der Waals surface area (Å²) in [7, 11) is -16.9. The van der Waals surface area contributed by atoms with Crippen LogP contribution >= 0.6 is 23.5 Å². The predicted octanol–water partition coefficient (Wildman–Crippen LogP) is -2.51. The number of carboxylic acid groups (broad SMARTS) is 1. The first-order valence-corrected chi connectivity index (χ1v) is 12.4. The maximum Gasteiger partial charge on any atom is 0.490 e. The lowest BCUT2D eigenvalue weighted by atomic mass is 10.1. The van der Waals surface area contributed by atoms with Crippen LogP contribution in [0.25, 0.3) is 0 Å². The standard InChI is InChI=1S/C10H16N3O16P3/c11-7-3(9(16)17)1-13(10(18)12-7)8-6(15)5(14)4(27-8)2-26-31(22,23)29-32(24,25)28-30(19,20)21/h1,4-6,8,14-15H,2H2,(H,16,17)(H,22,23)(H,24,25)(H2,11,12,18)(H2,19,20,21). The highest BCUT2D eigenvalue weighted by Gasteiger charge is 2.47. The molecule has 0 bridgehead atoms. The van der Waals surface area contributed by atoms with Crippen molar-refractivity contribution in [1.82, 2.24) is 9.55 Å². The van der Waals surface area contributed by atoms with Gasteiger partial charge in [-0.15, -0.1) is 0 Å². The highest BCUT2D eigenvalue weighted by molar-refractivity contribution is 7.66. The van der Waals surface area contributed by atoms with Crippen molar-refractivity contribution in [2.24, 2.45) is 0 Å². The maximum atomic E-state index is 12.0. The molecular formula is C10H16N3O16P3. The molecule has 9 N–H and O–H groups in total. The molecule has 0 saturated carbocycles. The zero-order valence-electron chi connectivity index (χ0n) is 15.2. The quantitative estimate of drug-likeness (QED) is 0.154. The first-order chi connectivity index (χ1) is 14.4. The molecule has 19 nitrogen and oxygen atoms in total. The van der Waals surface area contributed by atoms with Gasteiger partial charge in [0.05, 0.1) is 6.61 Å². The number of rotatable bonds is 9. The Hall–Kier alpha value is -1.56. The lowest BCUT2D eigenvalue weighted by Crippen LogP contribution is -2.36. The SMILES string of the molecule is Nc1nc(=O)n(C2OC(COP(=O)(O)OP(=O)(O)OP(=O)(O)O)C(O)C2O)cc1C(=O)O. The molecule has 1 aromatic rings. The Balaban J connectivity index is 2.15. The van der Waals surface area contributed by atoms with E-state index in [1.165, 1.54) is 0 Å². The van der Waals surface area contributed by atoms with Crippen molar-refractivity contribution in [3.05, 3.63) is 22.2 Å². The molecule has 0 aliphatic carbocycles. The molecule has 182 valence electrons. The minimum Gasteiger partial charge on any atom is -0.478 e. The number of ether oxygens (including phenoxy) is 1. The number of phosphoric ester groups is 1. The molecule has 0 spiro atoms. The van der Waals surface area contributed by atoms with Gasteiger partial charge >= 0.3 is 35.1 Å². The number of aromatic nitrogens is 2. The van der Waals surface area contributed by atoms with Gasteiger partial charge in [0.1, 0.15) is 29.7 Å². The Morgan fingerprint density at radius 2 is 1.72 bits per heavy atom. The minimum absolute atomic E-state index is 0.471. The summed E-state index contributed by atoms with van der Waals surface area (Å²) in [6, 6.07) is 0. The van der Waals surface area contributed by atoms with E-state index in [1.807, 2.05) is 0 Å². The third-order valence-electron chi connectivity index (χ3n) is 3.64. The van der Waals surface area contributed by atoms with E-state index in [0.717, 1.165) is 0 Å². The van der Waals surface area contributed by atoms with Gasteiger partial charge in [0.15, 0.2) is 6.23 Å². The number of aromatic carboxylic acids is 1. The first-order valence-electron chi connectivity index (χ1n) is 7.84. The van der Waals surface area contributed by atoms with Gasteiger partial charge in [-0.3, -0.25) is 9.09 Å². The van der Waals surface area contributed by atoms with Crippen LogP contribution in [0.1, 0.15) is 16.6 Å². The molecular weight excluding hydrogens is 511 g/mol. The van der Waals surface area contributed by atoms with Crippen LogP contribution in [0.5, 0.6) is 0 Å². The number of hydrogen-bond donors (Lipinski definition) is 8. The molecule has 1 aliphatic rings. The van der Waals surface area contributed by atoms with Crippen molar-refractivity contribution < 1.29 is 71.3 Å². The van der Waals surface area contributed by atoms with Crippen LogP contribution in [0.4, 0.5) is 5.82 Å². The van der Waals surface area contributed by atoms with Crippen LogP contribution in [0.2, 0.25) is 0 Å². The monoisotopic (exact) mass is 527 g/mol. The topological polar surface area (TPSA) is 308 Å². The minimum atomic E-state index is -5.79. The van der Waals surface area contributed by atoms with E-state index in [4.69, 9.17) is 30.3 Å². The van der Waals surface area contributed by atoms with Crippen molar-refractivity contribution in [3.63, 3.8) is 0 Å². The van der Waals surface area contributed by atoms with E-state index in [2.05, 4.69) is 18.1 Å². The van der Waals surface area contributed by atoms with Crippen LogP contribution in [-0.2, 0) is 31.6 Å². The number of nitrogen functional groups attached to an aromatic ring is 1. The molecule has 1 aromatic heterocycles. The third kappa shape index (κ3) is 6.72. The Labute approximate surface area is 176 Å². The maximum absolute atomic E-state index is 12.0. The summed E-state index contributed by atoms with van der Waals surface area (Å²) in [5.74, 6) is -2.23. The summed E-state index contributed by atoms with van der Waals surface area (Å²) in [4.78, 5) is 61.8. The molecule has 2 rings (SSSR count). The average molecular weight is 527 g/mol. The molecule has 6 unspecified atom stereocenters. The highest BCUT2D eigenvalue weighted by Crippen LogP contribution is 2.66. The molecule has 2 heterocycles. The van der Waals surface area contributed by atoms with E-state index in [0.29, 0.717) is 10.8 Å². The molecule has 1 aliphatic heterocycles. The summed E-state index contributed by atoms with van der Waals surface area (Å²) in [5, 5.41) is 29.2. The molecule has 1 saturated heterocycles. The first kappa shape index (κ1) is 26.7. The van der Waals surface area contributed by atoms with E-state index >= 15 is 0 Å². The van der Waals surface area contributed by atoms with E-state index in [-0.39, 0.29) is 0 Å². The predicted molar refractivity (Wildman–Crippen MR) is 95.6 cm³/mol. The summed E-state index contributed by atoms with van der Waals surface area (Å²) >= 11 is 0. The summed E-state index contributed by atoms with van der Waals surface area (Å²) < 4.78 is 50.5. The number of aliphatic hydroxyl groups excluding tert-OH is 2. The molecule has 1 fully saturated rings. The number of carboxylic acids is 1. The van der Waals surface area contributed by atoms with Gasteiger partial charge in [0.2, 0.25) is 0 Å². The zero-order valence-corrected chi connectivity index (χ0v) is 17.9. The second-order valence-corrected chi connectivity index (χ2v) is 10.4. The average Bonchev–Trinajstić information content (AvgIpc) is 2.85. The van der Waals surface area contributed by atoms with Crippen molar-refractivity contribution in [1.29, 1.82) is 0 Å².